The molecule has 5 heteroatoms. The quantitative estimate of drug-likeness (QED) is 0.635. The highest BCUT2D eigenvalue weighted by molar-refractivity contribution is 5.49. The summed E-state index contributed by atoms with van der Waals surface area (Å²) in [5.74, 6) is 0. The number of rotatable bonds is 3. The molecule has 0 aliphatic carbocycles. The number of non-ortho nitro benzene ring substituents is 1. The van der Waals surface area contributed by atoms with Crippen molar-refractivity contribution in [3.05, 3.63) is 34.4 Å². The van der Waals surface area contributed by atoms with E-state index in [2.05, 4.69) is 10.6 Å². The molecule has 1 aromatic rings. The average Bonchev–Trinajstić information content (AvgIpc) is 2.69. The maximum Gasteiger partial charge on any atom is 0.269 e. The molecule has 2 heterocycles. The molecule has 2 aliphatic heterocycles. The van der Waals surface area contributed by atoms with Crippen LogP contribution in [-0.2, 0) is 0 Å². The number of nitro groups is 1. The van der Waals surface area contributed by atoms with Crippen LogP contribution in [0, 0.1) is 10.1 Å². The van der Waals surface area contributed by atoms with Gasteiger partial charge < -0.3 is 10.6 Å². The zero-order chi connectivity index (χ0) is 12.5. The zero-order valence-corrected chi connectivity index (χ0v) is 10.1. The normalized spacial score (nSPS) is 30.1. The number of fused-ring (bicyclic) bond motifs is 2. The zero-order valence-electron chi connectivity index (χ0n) is 10.1. The van der Waals surface area contributed by atoms with E-state index in [1.54, 1.807) is 24.3 Å². The molecule has 0 spiro atoms. The van der Waals surface area contributed by atoms with Gasteiger partial charge in [-0.25, -0.2) is 0 Å². The Balaban J connectivity index is 1.64. The van der Waals surface area contributed by atoms with Crippen molar-refractivity contribution in [2.24, 2.45) is 0 Å². The number of nitrogens with one attached hydrogen (secondary N) is 2. The third kappa shape index (κ3) is 2.31. The second kappa shape index (κ2) is 4.57. The van der Waals surface area contributed by atoms with E-state index >= 15 is 0 Å². The topological polar surface area (TPSA) is 67.2 Å². The van der Waals surface area contributed by atoms with Gasteiger partial charge in [0.25, 0.3) is 5.69 Å². The summed E-state index contributed by atoms with van der Waals surface area (Å²) in [6.07, 6.45) is 4.85. The largest absolute Gasteiger partial charge is 0.382 e. The average molecular weight is 247 g/mol. The first-order chi connectivity index (χ1) is 8.70. The van der Waals surface area contributed by atoms with Gasteiger partial charge in [0.1, 0.15) is 0 Å². The third-order valence-corrected chi connectivity index (χ3v) is 3.92. The van der Waals surface area contributed by atoms with Crippen molar-refractivity contribution in [3.63, 3.8) is 0 Å². The predicted octanol–water partition coefficient (Wildman–Crippen LogP) is 2.29. The molecule has 18 heavy (non-hydrogen) atoms. The van der Waals surface area contributed by atoms with Crippen molar-refractivity contribution in [1.29, 1.82) is 0 Å². The van der Waals surface area contributed by atoms with Crippen molar-refractivity contribution in [1.82, 2.24) is 5.32 Å². The van der Waals surface area contributed by atoms with Gasteiger partial charge in [-0.05, 0) is 37.8 Å². The van der Waals surface area contributed by atoms with Crippen LogP contribution in [0.2, 0.25) is 0 Å². The molecule has 2 N–H and O–H groups in total. The van der Waals surface area contributed by atoms with Crippen molar-refractivity contribution in [2.45, 2.75) is 43.8 Å². The van der Waals surface area contributed by atoms with E-state index in [0.29, 0.717) is 18.1 Å². The molecule has 2 fully saturated rings. The first-order valence-corrected chi connectivity index (χ1v) is 6.48. The van der Waals surface area contributed by atoms with E-state index < -0.39 is 0 Å². The molecule has 1 aromatic carbocycles. The third-order valence-electron chi connectivity index (χ3n) is 3.92. The van der Waals surface area contributed by atoms with E-state index in [1.165, 1.54) is 12.8 Å². The number of anilines is 1. The lowest BCUT2D eigenvalue weighted by atomic mass is 9.99. The maximum atomic E-state index is 10.6. The van der Waals surface area contributed by atoms with Crippen molar-refractivity contribution < 1.29 is 4.92 Å². The van der Waals surface area contributed by atoms with Gasteiger partial charge in [-0.3, -0.25) is 10.1 Å². The molecule has 5 nitrogen and oxygen atoms in total. The van der Waals surface area contributed by atoms with E-state index in [1.807, 2.05) is 0 Å². The monoisotopic (exact) mass is 247 g/mol. The summed E-state index contributed by atoms with van der Waals surface area (Å²) in [6, 6.07) is 8.49. The Kier molecular flexibility index (Phi) is 2.91. The fourth-order valence-electron chi connectivity index (χ4n) is 3.09. The van der Waals surface area contributed by atoms with Gasteiger partial charge in [-0.2, -0.15) is 0 Å². The lowest BCUT2D eigenvalue weighted by Gasteiger charge is -2.30. The van der Waals surface area contributed by atoms with Gasteiger partial charge in [0, 0.05) is 35.9 Å². The second-order valence-electron chi connectivity index (χ2n) is 5.25. The summed E-state index contributed by atoms with van der Waals surface area (Å²) < 4.78 is 0. The molecule has 0 amide bonds. The Morgan fingerprint density at radius 2 is 1.78 bits per heavy atom. The fourth-order valence-corrected chi connectivity index (χ4v) is 3.09. The number of nitro benzene ring substituents is 1. The van der Waals surface area contributed by atoms with Crippen LogP contribution in [0.4, 0.5) is 11.4 Å². The molecule has 2 saturated heterocycles. The molecule has 3 rings (SSSR count). The van der Waals surface area contributed by atoms with Gasteiger partial charge in [0.15, 0.2) is 0 Å². The lowest BCUT2D eigenvalue weighted by Crippen LogP contribution is -2.43. The van der Waals surface area contributed by atoms with Crippen molar-refractivity contribution >= 4 is 11.4 Å². The highest BCUT2D eigenvalue weighted by Gasteiger charge is 2.33. The van der Waals surface area contributed by atoms with Gasteiger partial charge in [-0.15, -0.1) is 0 Å². The highest BCUT2D eigenvalue weighted by atomic mass is 16.6. The predicted molar refractivity (Wildman–Crippen MR) is 69.7 cm³/mol. The number of piperidine rings is 1. The standard InChI is InChI=1S/C13H17N3O2/c17-16(18)13-5-3-9(4-6-13)14-12-7-10-1-2-11(8-12)15-10/h3-6,10-12,14-15H,1-2,7-8H2. The Labute approximate surface area is 106 Å². The summed E-state index contributed by atoms with van der Waals surface area (Å²) in [7, 11) is 0. The second-order valence-corrected chi connectivity index (χ2v) is 5.25. The van der Waals surface area contributed by atoms with Crippen LogP contribution in [0.5, 0.6) is 0 Å². The Morgan fingerprint density at radius 3 is 2.33 bits per heavy atom. The Morgan fingerprint density at radius 1 is 1.17 bits per heavy atom. The first kappa shape index (κ1) is 11.5. The number of nitrogens with zero attached hydrogens (tertiary/aromatic N) is 1. The van der Waals surface area contributed by atoms with Crippen molar-refractivity contribution in [3.8, 4) is 0 Å². The van der Waals surface area contributed by atoms with E-state index in [-0.39, 0.29) is 10.6 Å². The fraction of sp³-hybridized carbons (Fsp3) is 0.538. The molecular weight excluding hydrogens is 230 g/mol. The van der Waals surface area contributed by atoms with Crippen LogP contribution in [0.1, 0.15) is 25.7 Å². The number of hydrogen-bond donors (Lipinski definition) is 2. The molecular formula is C13H17N3O2. The van der Waals surface area contributed by atoms with Crippen LogP contribution >= 0.6 is 0 Å². The van der Waals surface area contributed by atoms with Crippen LogP contribution in [0.3, 0.4) is 0 Å². The molecule has 0 saturated carbocycles. The smallest absolute Gasteiger partial charge is 0.269 e. The minimum Gasteiger partial charge on any atom is -0.382 e. The van der Waals surface area contributed by atoms with Crippen LogP contribution in [0.25, 0.3) is 0 Å². The van der Waals surface area contributed by atoms with Crippen LogP contribution in [-0.4, -0.2) is 23.0 Å². The first-order valence-electron chi connectivity index (χ1n) is 6.48. The number of benzene rings is 1. The summed E-state index contributed by atoms with van der Waals surface area (Å²) in [5.41, 5.74) is 1.12. The molecule has 0 radical (unpaired) electrons. The van der Waals surface area contributed by atoms with E-state index in [0.717, 1.165) is 18.5 Å². The Hall–Kier alpha value is -1.62. The molecule has 2 bridgehead atoms. The highest BCUT2D eigenvalue weighted by Crippen LogP contribution is 2.29. The summed E-state index contributed by atoms with van der Waals surface area (Å²) in [6.45, 7) is 0. The van der Waals surface area contributed by atoms with Gasteiger partial charge in [-0.1, -0.05) is 0 Å². The molecule has 96 valence electrons. The summed E-state index contributed by atoms with van der Waals surface area (Å²) >= 11 is 0. The van der Waals surface area contributed by atoms with Gasteiger partial charge >= 0.3 is 0 Å². The van der Waals surface area contributed by atoms with Crippen molar-refractivity contribution in [2.75, 3.05) is 5.32 Å². The maximum absolute atomic E-state index is 10.6. The van der Waals surface area contributed by atoms with Gasteiger partial charge in [0.2, 0.25) is 0 Å². The van der Waals surface area contributed by atoms with Crippen LogP contribution in [0.15, 0.2) is 24.3 Å². The lowest BCUT2D eigenvalue weighted by molar-refractivity contribution is -0.384. The molecule has 2 atom stereocenters. The SMILES string of the molecule is O=[N+]([O-])c1ccc(NC2CC3CCC(C2)N3)cc1. The van der Waals surface area contributed by atoms with E-state index in [4.69, 9.17) is 0 Å². The minimum absolute atomic E-state index is 0.144. The summed E-state index contributed by atoms with van der Waals surface area (Å²) in [5, 5.41) is 17.7. The molecule has 2 unspecified atom stereocenters. The molecule has 0 aromatic heterocycles. The van der Waals surface area contributed by atoms with E-state index in [9.17, 15) is 10.1 Å². The van der Waals surface area contributed by atoms with Crippen LogP contribution < -0.4 is 10.6 Å². The number of hydrogen-bond acceptors (Lipinski definition) is 4. The minimum atomic E-state index is -0.367. The van der Waals surface area contributed by atoms with Gasteiger partial charge in [0.05, 0.1) is 4.92 Å². The Bertz CT molecular complexity index is 434. The molecule has 2 aliphatic rings. The summed E-state index contributed by atoms with van der Waals surface area (Å²) in [4.78, 5) is 10.2.